The first-order chi connectivity index (χ1) is 5.47. The number of nitrogens with one attached hydrogen (secondary N) is 1. The summed E-state index contributed by atoms with van der Waals surface area (Å²) in [6, 6.07) is 6.59. The summed E-state index contributed by atoms with van der Waals surface area (Å²) in [7, 11) is -1.34. The Morgan fingerprint density at radius 1 is 1.25 bits per heavy atom. The highest BCUT2D eigenvalue weighted by atomic mass is 28.3. The van der Waals surface area contributed by atoms with Gasteiger partial charge in [-0.25, -0.2) is 4.39 Å². The lowest BCUT2D eigenvalue weighted by atomic mass is 10.3. The summed E-state index contributed by atoms with van der Waals surface area (Å²) in [6.45, 7) is 6.54. The minimum Gasteiger partial charge on any atom is -0.411 e. The van der Waals surface area contributed by atoms with Gasteiger partial charge < -0.3 is 4.98 Å². The molecule has 0 aliphatic heterocycles. The molecule has 1 nitrogen and oxygen atoms in total. The Morgan fingerprint density at radius 3 is 2.42 bits per heavy atom. The van der Waals surface area contributed by atoms with Crippen molar-refractivity contribution in [3.05, 3.63) is 30.1 Å². The SMILES string of the molecule is C[Si](C)(C)Nc1cccc(F)c1. The highest BCUT2D eigenvalue weighted by Gasteiger charge is 2.12. The molecule has 0 saturated carbocycles. The molecule has 0 aliphatic rings. The molecule has 1 aromatic rings. The third kappa shape index (κ3) is 3.05. The van der Waals surface area contributed by atoms with E-state index in [1.807, 2.05) is 6.07 Å². The maximum absolute atomic E-state index is 12.7. The van der Waals surface area contributed by atoms with Crippen LogP contribution in [0.4, 0.5) is 10.1 Å². The molecule has 0 fully saturated rings. The Bertz CT molecular complexity index is 267. The van der Waals surface area contributed by atoms with E-state index in [-0.39, 0.29) is 5.82 Å². The van der Waals surface area contributed by atoms with E-state index < -0.39 is 8.24 Å². The Kier molecular flexibility index (Phi) is 2.52. The normalized spacial score (nSPS) is 11.3. The van der Waals surface area contributed by atoms with Crippen LogP contribution < -0.4 is 4.98 Å². The second kappa shape index (κ2) is 3.27. The van der Waals surface area contributed by atoms with Gasteiger partial charge in [0.1, 0.15) is 14.1 Å². The van der Waals surface area contributed by atoms with Gasteiger partial charge in [-0.15, -0.1) is 0 Å². The Hall–Kier alpha value is -0.833. The second-order valence-corrected chi connectivity index (χ2v) is 8.64. The first kappa shape index (κ1) is 9.26. The van der Waals surface area contributed by atoms with Crippen molar-refractivity contribution in [1.82, 2.24) is 0 Å². The molecule has 66 valence electrons. The predicted molar refractivity (Wildman–Crippen MR) is 53.4 cm³/mol. The first-order valence-corrected chi connectivity index (χ1v) is 7.51. The fraction of sp³-hybridized carbons (Fsp3) is 0.333. The summed E-state index contributed by atoms with van der Waals surface area (Å²) >= 11 is 0. The summed E-state index contributed by atoms with van der Waals surface area (Å²) in [5.74, 6) is -0.182. The molecule has 0 heterocycles. The van der Waals surface area contributed by atoms with Crippen molar-refractivity contribution in [3.63, 3.8) is 0 Å². The summed E-state index contributed by atoms with van der Waals surface area (Å²) in [5, 5.41) is 0. The van der Waals surface area contributed by atoms with E-state index in [0.29, 0.717) is 0 Å². The second-order valence-electron chi connectivity index (χ2n) is 3.89. The van der Waals surface area contributed by atoms with E-state index in [0.717, 1.165) is 5.69 Å². The molecule has 0 atom stereocenters. The summed E-state index contributed by atoms with van der Waals surface area (Å²) < 4.78 is 12.7. The van der Waals surface area contributed by atoms with Crippen LogP contribution in [0.3, 0.4) is 0 Å². The quantitative estimate of drug-likeness (QED) is 0.695. The maximum Gasteiger partial charge on any atom is 0.144 e. The van der Waals surface area contributed by atoms with E-state index in [9.17, 15) is 4.39 Å². The van der Waals surface area contributed by atoms with E-state index in [2.05, 4.69) is 24.6 Å². The van der Waals surface area contributed by atoms with Crippen molar-refractivity contribution >= 4 is 13.9 Å². The first-order valence-electron chi connectivity index (χ1n) is 4.01. The van der Waals surface area contributed by atoms with Crippen molar-refractivity contribution in [3.8, 4) is 0 Å². The van der Waals surface area contributed by atoms with E-state index in [4.69, 9.17) is 0 Å². The van der Waals surface area contributed by atoms with Crippen LogP contribution in [-0.2, 0) is 0 Å². The molecule has 1 N–H and O–H groups in total. The number of benzene rings is 1. The molecule has 0 saturated heterocycles. The van der Waals surface area contributed by atoms with Crippen LogP contribution in [0.2, 0.25) is 19.6 Å². The average molecular weight is 183 g/mol. The Morgan fingerprint density at radius 2 is 1.92 bits per heavy atom. The van der Waals surface area contributed by atoms with E-state index >= 15 is 0 Å². The van der Waals surface area contributed by atoms with Crippen molar-refractivity contribution in [2.45, 2.75) is 19.6 Å². The molecule has 0 spiro atoms. The Labute approximate surface area is 73.7 Å². The Balaban J connectivity index is 2.77. The van der Waals surface area contributed by atoms with Crippen molar-refractivity contribution in [2.75, 3.05) is 4.98 Å². The van der Waals surface area contributed by atoms with E-state index in [1.54, 1.807) is 6.07 Å². The minimum absolute atomic E-state index is 0.182. The largest absolute Gasteiger partial charge is 0.411 e. The highest BCUT2D eigenvalue weighted by Crippen LogP contribution is 2.13. The van der Waals surface area contributed by atoms with Crippen LogP contribution in [-0.4, -0.2) is 8.24 Å². The molecule has 0 radical (unpaired) electrons. The van der Waals surface area contributed by atoms with Gasteiger partial charge in [0.25, 0.3) is 0 Å². The van der Waals surface area contributed by atoms with Gasteiger partial charge in [-0.05, 0) is 18.2 Å². The monoisotopic (exact) mass is 183 g/mol. The fourth-order valence-electron chi connectivity index (χ4n) is 0.999. The van der Waals surface area contributed by atoms with Gasteiger partial charge in [0, 0.05) is 5.69 Å². The molecule has 0 amide bonds. The third-order valence-corrected chi connectivity index (χ3v) is 2.38. The lowest BCUT2D eigenvalue weighted by molar-refractivity contribution is 0.628. The fourth-order valence-corrected chi connectivity index (χ4v) is 2.02. The number of rotatable bonds is 2. The minimum atomic E-state index is -1.34. The standard InChI is InChI=1S/C9H14FNSi/c1-12(2,3)11-9-6-4-5-8(10)7-9/h4-7,11H,1-3H3. The molecule has 0 unspecified atom stereocenters. The van der Waals surface area contributed by atoms with Crippen LogP contribution in [0.1, 0.15) is 0 Å². The third-order valence-electron chi connectivity index (χ3n) is 1.34. The topological polar surface area (TPSA) is 12.0 Å². The molecule has 12 heavy (non-hydrogen) atoms. The molecule has 0 bridgehead atoms. The molecule has 0 aromatic heterocycles. The smallest absolute Gasteiger partial charge is 0.144 e. The predicted octanol–water partition coefficient (Wildman–Crippen LogP) is 3.07. The molecule has 1 rings (SSSR count). The molecule has 1 aromatic carbocycles. The lowest BCUT2D eigenvalue weighted by Gasteiger charge is -2.19. The zero-order valence-corrected chi connectivity index (χ0v) is 8.69. The van der Waals surface area contributed by atoms with Crippen molar-refractivity contribution in [1.29, 1.82) is 0 Å². The zero-order valence-electron chi connectivity index (χ0n) is 7.69. The summed E-state index contributed by atoms with van der Waals surface area (Å²) in [4.78, 5) is 3.32. The number of hydrogen-bond acceptors (Lipinski definition) is 1. The zero-order chi connectivity index (χ0) is 9.19. The van der Waals surface area contributed by atoms with Crippen LogP contribution >= 0.6 is 0 Å². The number of halogens is 1. The lowest BCUT2D eigenvalue weighted by Crippen LogP contribution is -2.32. The van der Waals surface area contributed by atoms with Gasteiger partial charge in [0.05, 0.1) is 0 Å². The van der Waals surface area contributed by atoms with Crippen LogP contribution in [0.15, 0.2) is 24.3 Å². The molecular formula is C9H14FNSi. The van der Waals surface area contributed by atoms with Crippen molar-refractivity contribution < 1.29 is 4.39 Å². The number of anilines is 1. The van der Waals surface area contributed by atoms with Gasteiger partial charge >= 0.3 is 0 Å². The van der Waals surface area contributed by atoms with Gasteiger partial charge in [-0.1, -0.05) is 25.7 Å². The average Bonchev–Trinajstić information content (AvgIpc) is 1.82. The van der Waals surface area contributed by atoms with Gasteiger partial charge in [-0.2, -0.15) is 0 Å². The van der Waals surface area contributed by atoms with Gasteiger partial charge in [-0.3, -0.25) is 0 Å². The summed E-state index contributed by atoms with van der Waals surface area (Å²) in [6.07, 6.45) is 0. The maximum atomic E-state index is 12.7. The molecule has 3 heteroatoms. The van der Waals surface area contributed by atoms with Crippen LogP contribution in [0.25, 0.3) is 0 Å². The number of hydrogen-bond donors (Lipinski definition) is 1. The van der Waals surface area contributed by atoms with Gasteiger partial charge in [0.15, 0.2) is 0 Å². The highest BCUT2D eigenvalue weighted by molar-refractivity contribution is 6.79. The van der Waals surface area contributed by atoms with Crippen LogP contribution in [0, 0.1) is 5.82 Å². The van der Waals surface area contributed by atoms with Crippen LogP contribution in [0.5, 0.6) is 0 Å². The molecular weight excluding hydrogens is 169 g/mol. The van der Waals surface area contributed by atoms with Gasteiger partial charge in [0.2, 0.25) is 0 Å². The van der Waals surface area contributed by atoms with E-state index in [1.165, 1.54) is 12.1 Å². The summed E-state index contributed by atoms with van der Waals surface area (Å²) in [5.41, 5.74) is 0.883. The molecule has 0 aliphatic carbocycles. The van der Waals surface area contributed by atoms with Crippen molar-refractivity contribution in [2.24, 2.45) is 0 Å².